The van der Waals surface area contributed by atoms with E-state index in [0.717, 1.165) is 18.6 Å². The second-order valence-electron chi connectivity index (χ2n) is 3.63. The van der Waals surface area contributed by atoms with Gasteiger partial charge >= 0.3 is 0 Å². The van der Waals surface area contributed by atoms with E-state index >= 15 is 0 Å². The van der Waals surface area contributed by atoms with E-state index in [1.54, 1.807) is 6.07 Å². The largest absolute Gasteiger partial charge is 0.486 e. The summed E-state index contributed by atoms with van der Waals surface area (Å²) >= 11 is 3.26. The van der Waals surface area contributed by atoms with Gasteiger partial charge in [-0.2, -0.15) is 0 Å². The average molecular weight is 245 g/mol. The third-order valence-electron chi connectivity index (χ3n) is 2.20. The monoisotopic (exact) mass is 244 g/mol. The number of benzene rings is 1. The first kappa shape index (κ1) is 9.00. The first-order valence-corrected chi connectivity index (χ1v) is 5.02. The van der Waals surface area contributed by atoms with Crippen LogP contribution in [0.4, 0.5) is 4.39 Å². The average Bonchev–Trinajstić information content (AvgIpc) is 2.75. The number of hydrogen-bond acceptors (Lipinski definition) is 1. The fourth-order valence-electron chi connectivity index (χ4n) is 1.10. The van der Waals surface area contributed by atoms with Gasteiger partial charge in [0.15, 0.2) is 0 Å². The van der Waals surface area contributed by atoms with Gasteiger partial charge in [0.05, 0.1) is 4.47 Å². The van der Waals surface area contributed by atoms with Crippen molar-refractivity contribution >= 4 is 15.9 Å². The van der Waals surface area contributed by atoms with Crippen molar-refractivity contribution < 1.29 is 9.13 Å². The first-order chi connectivity index (χ1) is 6.09. The summed E-state index contributed by atoms with van der Waals surface area (Å²) in [6, 6.07) is 4.48. The quantitative estimate of drug-likeness (QED) is 0.774. The molecule has 1 aliphatic rings. The molecule has 1 aliphatic carbocycles. The minimum atomic E-state index is -0.250. The van der Waals surface area contributed by atoms with Crippen LogP contribution in [0.2, 0.25) is 0 Å². The van der Waals surface area contributed by atoms with Crippen molar-refractivity contribution in [3.63, 3.8) is 0 Å². The van der Waals surface area contributed by atoms with E-state index in [4.69, 9.17) is 4.74 Å². The molecule has 1 saturated carbocycles. The second kappa shape index (κ2) is 2.98. The summed E-state index contributed by atoms with van der Waals surface area (Å²) in [7, 11) is 0. The minimum Gasteiger partial charge on any atom is -0.486 e. The molecule has 1 aromatic rings. The van der Waals surface area contributed by atoms with Gasteiger partial charge in [-0.1, -0.05) is 0 Å². The maximum Gasteiger partial charge on any atom is 0.134 e. The lowest BCUT2D eigenvalue weighted by Gasteiger charge is -2.13. The van der Waals surface area contributed by atoms with Crippen molar-refractivity contribution in [2.45, 2.75) is 25.4 Å². The Balaban J connectivity index is 2.20. The summed E-state index contributed by atoms with van der Waals surface area (Å²) in [5.74, 6) is 0.474. The lowest BCUT2D eigenvalue weighted by Crippen LogP contribution is -2.12. The van der Waals surface area contributed by atoms with E-state index in [1.807, 2.05) is 0 Å². The maximum absolute atomic E-state index is 12.7. The van der Waals surface area contributed by atoms with Crippen molar-refractivity contribution in [1.82, 2.24) is 0 Å². The van der Waals surface area contributed by atoms with Crippen molar-refractivity contribution in [2.24, 2.45) is 0 Å². The van der Waals surface area contributed by atoms with Gasteiger partial charge in [0.25, 0.3) is 0 Å². The molecule has 0 atom stereocenters. The molecule has 1 nitrogen and oxygen atoms in total. The van der Waals surface area contributed by atoms with Gasteiger partial charge in [-0.3, -0.25) is 0 Å². The Morgan fingerprint density at radius 1 is 1.46 bits per heavy atom. The van der Waals surface area contributed by atoms with Crippen LogP contribution in [-0.2, 0) is 0 Å². The minimum absolute atomic E-state index is 0.0135. The number of halogens is 2. The Labute approximate surface area is 85.0 Å². The molecule has 70 valence electrons. The standard InChI is InChI=1S/C10H10BrFO/c1-10(4-5-10)13-9-3-2-7(12)6-8(9)11/h2-3,6H,4-5H2,1H3. The van der Waals surface area contributed by atoms with E-state index in [-0.39, 0.29) is 11.4 Å². The number of ether oxygens (including phenoxy) is 1. The van der Waals surface area contributed by atoms with E-state index in [9.17, 15) is 4.39 Å². The molecule has 2 rings (SSSR count). The normalized spacial score (nSPS) is 18.4. The van der Waals surface area contributed by atoms with Gasteiger partial charge in [0.2, 0.25) is 0 Å². The molecule has 13 heavy (non-hydrogen) atoms. The van der Waals surface area contributed by atoms with Crippen LogP contribution in [-0.4, -0.2) is 5.60 Å². The van der Waals surface area contributed by atoms with Gasteiger partial charge in [0, 0.05) is 0 Å². The van der Waals surface area contributed by atoms with Crippen molar-refractivity contribution in [1.29, 1.82) is 0 Å². The van der Waals surface area contributed by atoms with Crippen LogP contribution in [0.1, 0.15) is 19.8 Å². The van der Waals surface area contributed by atoms with Crippen molar-refractivity contribution in [2.75, 3.05) is 0 Å². The van der Waals surface area contributed by atoms with E-state index < -0.39 is 0 Å². The molecule has 3 heteroatoms. The Morgan fingerprint density at radius 3 is 2.69 bits per heavy atom. The van der Waals surface area contributed by atoms with Gasteiger partial charge in [-0.15, -0.1) is 0 Å². The predicted molar refractivity (Wildman–Crippen MR) is 52.4 cm³/mol. The van der Waals surface area contributed by atoms with Gasteiger partial charge < -0.3 is 4.74 Å². The van der Waals surface area contributed by atoms with Crippen LogP contribution in [0.15, 0.2) is 22.7 Å². The van der Waals surface area contributed by atoms with E-state index in [1.165, 1.54) is 12.1 Å². The summed E-state index contributed by atoms with van der Waals surface area (Å²) < 4.78 is 19.1. The summed E-state index contributed by atoms with van der Waals surface area (Å²) in [6.45, 7) is 2.06. The molecule has 0 unspecified atom stereocenters. The zero-order chi connectivity index (χ0) is 9.47. The van der Waals surface area contributed by atoms with Crippen LogP contribution in [0.5, 0.6) is 5.75 Å². The van der Waals surface area contributed by atoms with Gasteiger partial charge in [-0.05, 0) is 53.9 Å². The molecule has 0 aromatic heterocycles. The predicted octanol–water partition coefficient (Wildman–Crippen LogP) is 3.52. The number of hydrogen-bond donors (Lipinski definition) is 0. The topological polar surface area (TPSA) is 9.23 Å². The van der Waals surface area contributed by atoms with Gasteiger partial charge in [0.1, 0.15) is 17.2 Å². The van der Waals surface area contributed by atoms with Crippen molar-refractivity contribution in [3.05, 3.63) is 28.5 Å². The Kier molecular flexibility index (Phi) is 2.06. The fourth-order valence-corrected chi connectivity index (χ4v) is 1.53. The smallest absolute Gasteiger partial charge is 0.134 e. The Hall–Kier alpha value is -0.570. The molecule has 1 aromatic carbocycles. The summed E-state index contributed by atoms with van der Waals surface area (Å²) in [6.07, 6.45) is 2.16. The summed E-state index contributed by atoms with van der Waals surface area (Å²) in [4.78, 5) is 0. The molecule has 0 N–H and O–H groups in total. The van der Waals surface area contributed by atoms with E-state index in [2.05, 4.69) is 22.9 Å². The highest BCUT2D eigenvalue weighted by Crippen LogP contribution is 2.41. The van der Waals surface area contributed by atoms with Crippen molar-refractivity contribution in [3.8, 4) is 5.75 Å². The molecule has 0 heterocycles. The molecule has 1 fully saturated rings. The Bertz CT molecular complexity index is 334. The lowest BCUT2D eigenvalue weighted by atomic mass is 10.3. The zero-order valence-electron chi connectivity index (χ0n) is 7.31. The lowest BCUT2D eigenvalue weighted by molar-refractivity contribution is 0.198. The third-order valence-corrected chi connectivity index (χ3v) is 2.82. The molecule has 0 radical (unpaired) electrons. The second-order valence-corrected chi connectivity index (χ2v) is 4.48. The SMILES string of the molecule is CC1(Oc2ccc(F)cc2Br)CC1. The zero-order valence-corrected chi connectivity index (χ0v) is 8.90. The highest BCUT2D eigenvalue weighted by Gasteiger charge is 2.40. The molecule has 0 amide bonds. The summed E-state index contributed by atoms with van der Waals surface area (Å²) in [5.41, 5.74) is -0.0135. The van der Waals surface area contributed by atoms with Crippen LogP contribution < -0.4 is 4.74 Å². The maximum atomic E-state index is 12.7. The molecule has 0 saturated heterocycles. The molecule has 0 aliphatic heterocycles. The van der Waals surface area contributed by atoms with Crippen LogP contribution in [0.3, 0.4) is 0 Å². The summed E-state index contributed by atoms with van der Waals surface area (Å²) in [5, 5.41) is 0. The number of rotatable bonds is 2. The fraction of sp³-hybridized carbons (Fsp3) is 0.400. The molecule has 0 bridgehead atoms. The Morgan fingerprint density at radius 2 is 2.15 bits per heavy atom. The highest BCUT2D eigenvalue weighted by atomic mass is 79.9. The molecular formula is C10H10BrFO. The van der Waals surface area contributed by atoms with Crippen LogP contribution in [0, 0.1) is 5.82 Å². The molecule has 0 spiro atoms. The third kappa shape index (κ3) is 2.02. The first-order valence-electron chi connectivity index (χ1n) is 4.23. The van der Waals surface area contributed by atoms with Crippen LogP contribution in [0.25, 0.3) is 0 Å². The van der Waals surface area contributed by atoms with E-state index in [0.29, 0.717) is 4.47 Å². The van der Waals surface area contributed by atoms with Crippen LogP contribution >= 0.6 is 15.9 Å². The van der Waals surface area contributed by atoms with Gasteiger partial charge in [-0.25, -0.2) is 4.39 Å². The molecular weight excluding hydrogens is 235 g/mol. The highest BCUT2D eigenvalue weighted by molar-refractivity contribution is 9.10.